The number of hydrogen-bond donors (Lipinski definition) is 1. The topological polar surface area (TPSA) is 47.0 Å². The molecule has 0 aliphatic carbocycles. The second-order valence-corrected chi connectivity index (χ2v) is 16.2. The van der Waals surface area contributed by atoms with Crippen molar-refractivity contribution in [3.05, 3.63) is 0 Å². The molecule has 3 unspecified atom stereocenters. The van der Waals surface area contributed by atoms with Crippen molar-refractivity contribution < 1.29 is 9.90 Å². The molecular weight excluding hydrogens is 603 g/mol. The van der Waals surface area contributed by atoms with Gasteiger partial charge in [-0.1, -0.05) is 200 Å². The maximum Gasteiger partial charge on any atom is 0.223 e. The summed E-state index contributed by atoms with van der Waals surface area (Å²) in [5, 5.41) is 10.3. The summed E-state index contributed by atoms with van der Waals surface area (Å²) in [4.78, 5) is 20.5. The van der Waals surface area contributed by atoms with Crippen LogP contribution in [-0.2, 0) is 4.79 Å². The molecule has 3 atom stereocenters. The molecule has 49 heavy (non-hydrogen) atoms. The molecular formula is C44H89N3O2. The molecule has 1 saturated heterocycles. The van der Waals surface area contributed by atoms with E-state index in [-0.39, 0.29) is 12.1 Å². The van der Waals surface area contributed by atoms with E-state index >= 15 is 0 Å². The van der Waals surface area contributed by atoms with Crippen LogP contribution < -0.4 is 0 Å². The molecule has 1 aliphatic rings. The highest BCUT2D eigenvalue weighted by Gasteiger charge is 2.36. The molecule has 0 saturated carbocycles. The van der Waals surface area contributed by atoms with Crippen LogP contribution >= 0.6 is 0 Å². The van der Waals surface area contributed by atoms with Gasteiger partial charge in [0, 0.05) is 26.1 Å². The third kappa shape index (κ3) is 25.0. The molecule has 5 heteroatoms. The van der Waals surface area contributed by atoms with Gasteiger partial charge in [0.15, 0.2) is 0 Å². The lowest BCUT2D eigenvalue weighted by atomic mass is 10.0. The highest BCUT2D eigenvalue weighted by molar-refractivity contribution is 5.76. The molecule has 0 aromatic carbocycles. The summed E-state index contributed by atoms with van der Waals surface area (Å²) in [6.45, 7) is 11.1. The van der Waals surface area contributed by atoms with Gasteiger partial charge in [-0.05, 0) is 33.7 Å². The molecule has 0 bridgehead atoms. The molecule has 0 spiro atoms. The van der Waals surface area contributed by atoms with Gasteiger partial charge in [0.25, 0.3) is 0 Å². The van der Waals surface area contributed by atoms with E-state index in [9.17, 15) is 9.90 Å². The Morgan fingerprint density at radius 1 is 0.571 bits per heavy atom. The summed E-state index contributed by atoms with van der Waals surface area (Å²) in [5.74, 6) is 0.225. The van der Waals surface area contributed by atoms with Crippen LogP contribution in [-0.4, -0.2) is 70.8 Å². The van der Waals surface area contributed by atoms with Crippen LogP contribution in [0, 0.1) is 0 Å². The molecule has 1 fully saturated rings. The molecule has 1 heterocycles. The number of hydrogen-bond acceptors (Lipinski definition) is 4. The Kier molecular flexibility index (Phi) is 31.4. The number of unbranched alkanes of at least 4 members (excludes halogenated alkanes) is 28. The Morgan fingerprint density at radius 2 is 0.918 bits per heavy atom. The Balaban J connectivity index is 2.21. The van der Waals surface area contributed by atoms with Crippen molar-refractivity contribution in [2.24, 2.45) is 0 Å². The van der Waals surface area contributed by atoms with Crippen LogP contribution in [0.15, 0.2) is 0 Å². The lowest BCUT2D eigenvalue weighted by Gasteiger charge is -2.40. The number of aliphatic hydroxyl groups excluding tert-OH is 1. The average molecular weight is 692 g/mol. The zero-order chi connectivity index (χ0) is 35.8. The first-order chi connectivity index (χ1) is 23.9. The standard InChI is InChI=1S/C44H89N3O2/c1-6-8-10-12-14-16-18-20-22-24-26-28-30-32-34-36-43-45(5)38-39-46(43)42(4)47(40-41(3)48)44(49)37-35-33-31-29-27-25-23-21-19-17-15-13-11-9-7-2/h41-43,48H,6-40H2,1-5H3. The number of rotatable bonds is 36. The molecule has 1 amide bonds. The summed E-state index contributed by atoms with van der Waals surface area (Å²) in [5.41, 5.74) is 0. The van der Waals surface area contributed by atoms with Gasteiger partial charge >= 0.3 is 0 Å². The van der Waals surface area contributed by atoms with Gasteiger partial charge in [0.2, 0.25) is 5.91 Å². The zero-order valence-electron chi connectivity index (χ0n) is 34.2. The fraction of sp³-hybridized carbons (Fsp3) is 0.977. The van der Waals surface area contributed by atoms with Crippen molar-refractivity contribution in [3.8, 4) is 0 Å². The second kappa shape index (κ2) is 33.2. The number of carbonyl (C=O) groups is 1. The van der Waals surface area contributed by atoms with Crippen LogP contribution in [0.25, 0.3) is 0 Å². The molecule has 292 valence electrons. The fourth-order valence-corrected chi connectivity index (χ4v) is 8.06. The quantitative estimate of drug-likeness (QED) is 0.0664. The van der Waals surface area contributed by atoms with Gasteiger partial charge in [0.05, 0.1) is 18.4 Å². The van der Waals surface area contributed by atoms with Crippen molar-refractivity contribution in [2.45, 2.75) is 252 Å². The summed E-state index contributed by atoms with van der Waals surface area (Å²) < 4.78 is 0. The van der Waals surface area contributed by atoms with E-state index < -0.39 is 6.10 Å². The minimum Gasteiger partial charge on any atom is -0.392 e. The number of nitrogens with zero attached hydrogens (tertiary/aromatic N) is 3. The van der Waals surface area contributed by atoms with Gasteiger partial charge < -0.3 is 10.0 Å². The van der Waals surface area contributed by atoms with Crippen molar-refractivity contribution in [1.29, 1.82) is 0 Å². The Morgan fingerprint density at radius 3 is 1.29 bits per heavy atom. The zero-order valence-corrected chi connectivity index (χ0v) is 34.2. The van der Waals surface area contributed by atoms with Crippen LogP contribution in [0.5, 0.6) is 0 Å². The Hall–Kier alpha value is -0.650. The summed E-state index contributed by atoms with van der Waals surface area (Å²) in [6, 6.07) is 0. The van der Waals surface area contributed by atoms with Crippen molar-refractivity contribution >= 4 is 5.91 Å². The van der Waals surface area contributed by atoms with Crippen LogP contribution in [0.3, 0.4) is 0 Å². The van der Waals surface area contributed by atoms with Gasteiger partial charge in [-0.15, -0.1) is 0 Å². The molecule has 1 N–H and O–H groups in total. The van der Waals surface area contributed by atoms with E-state index in [2.05, 4.69) is 37.6 Å². The minimum absolute atomic E-state index is 0.0322. The monoisotopic (exact) mass is 692 g/mol. The predicted molar refractivity (Wildman–Crippen MR) is 215 cm³/mol. The van der Waals surface area contributed by atoms with E-state index in [4.69, 9.17) is 0 Å². The van der Waals surface area contributed by atoms with Gasteiger partial charge in [-0.3, -0.25) is 14.6 Å². The molecule has 0 radical (unpaired) electrons. The first kappa shape index (κ1) is 46.4. The fourth-order valence-electron chi connectivity index (χ4n) is 8.06. The van der Waals surface area contributed by atoms with E-state index in [0.29, 0.717) is 19.1 Å². The summed E-state index contributed by atoms with van der Waals surface area (Å²) >= 11 is 0. The van der Waals surface area contributed by atoms with Crippen molar-refractivity contribution in [2.75, 3.05) is 26.7 Å². The SMILES string of the molecule is CCCCCCCCCCCCCCCCCC(=O)N(CC(C)O)C(C)N1CCN(C)C1CCCCCCCCCCCCCCCCC. The number of aliphatic hydroxyl groups is 1. The summed E-state index contributed by atoms with van der Waals surface area (Å²) in [7, 11) is 2.25. The third-order valence-electron chi connectivity index (χ3n) is 11.4. The van der Waals surface area contributed by atoms with Crippen molar-refractivity contribution in [1.82, 2.24) is 14.7 Å². The van der Waals surface area contributed by atoms with E-state index in [1.807, 2.05) is 11.8 Å². The van der Waals surface area contributed by atoms with Gasteiger partial charge in [0.1, 0.15) is 0 Å². The summed E-state index contributed by atoms with van der Waals surface area (Å²) in [6.07, 6.45) is 42.8. The first-order valence-electron chi connectivity index (χ1n) is 22.4. The number of carbonyl (C=O) groups excluding carboxylic acids is 1. The van der Waals surface area contributed by atoms with Crippen LogP contribution in [0.2, 0.25) is 0 Å². The lowest BCUT2D eigenvalue weighted by molar-refractivity contribution is -0.140. The predicted octanol–water partition coefficient (Wildman–Crippen LogP) is 12.6. The van der Waals surface area contributed by atoms with Crippen LogP contribution in [0.1, 0.15) is 233 Å². The van der Waals surface area contributed by atoms with Crippen molar-refractivity contribution in [3.63, 3.8) is 0 Å². The normalized spacial score (nSPS) is 16.8. The molecule has 1 rings (SSSR count). The van der Waals surface area contributed by atoms with Gasteiger partial charge in [-0.2, -0.15) is 0 Å². The van der Waals surface area contributed by atoms with Gasteiger partial charge in [-0.25, -0.2) is 0 Å². The lowest BCUT2D eigenvalue weighted by Crippen LogP contribution is -2.54. The molecule has 0 aromatic heterocycles. The maximum atomic E-state index is 13.5. The van der Waals surface area contributed by atoms with E-state index in [1.54, 1.807) is 0 Å². The first-order valence-corrected chi connectivity index (χ1v) is 22.4. The number of likely N-dealkylation sites (N-methyl/N-ethyl adjacent to an activating group) is 1. The largest absolute Gasteiger partial charge is 0.392 e. The van der Waals surface area contributed by atoms with E-state index in [1.165, 1.54) is 186 Å². The Bertz CT molecular complexity index is 716. The minimum atomic E-state index is -0.498. The highest BCUT2D eigenvalue weighted by atomic mass is 16.3. The third-order valence-corrected chi connectivity index (χ3v) is 11.4. The maximum absolute atomic E-state index is 13.5. The smallest absolute Gasteiger partial charge is 0.223 e. The Labute approximate surface area is 308 Å². The highest BCUT2D eigenvalue weighted by Crippen LogP contribution is 2.25. The number of amides is 1. The van der Waals surface area contributed by atoms with E-state index in [0.717, 1.165) is 25.9 Å². The molecule has 0 aromatic rings. The molecule has 1 aliphatic heterocycles. The average Bonchev–Trinajstić information content (AvgIpc) is 3.46. The molecule has 5 nitrogen and oxygen atoms in total. The second-order valence-electron chi connectivity index (χ2n) is 16.2. The van der Waals surface area contributed by atoms with Crippen LogP contribution in [0.4, 0.5) is 0 Å².